The van der Waals surface area contributed by atoms with Crippen LogP contribution >= 0.6 is 11.5 Å². The number of hydrogen-bond acceptors (Lipinski definition) is 8. The lowest BCUT2D eigenvalue weighted by atomic mass is 10.2. The van der Waals surface area contributed by atoms with Crippen molar-refractivity contribution in [1.82, 2.24) is 19.6 Å². The summed E-state index contributed by atoms with van der Waals surface area (Å²) in [6.45, 7) is 5.31. The standard InChI is InChI=1S/C18H19N7OS/c1-13-17(27-23-22-13)18(26)21-15-11-16(20-12-19-15)25-9-7-24(8-10-25)14-5-3-2-4-6-14/h2-6,11-12H,7-10H2,1H3,(H,19,20,21,26). The molecule has 0 bridgehead atoms. The number of nitrogens with zero attached hydrogens (tertiary/aromatic N) is 6. The molecule has 1 amide bonds. The van der Waals surface area contributed by atoms with Crippen LogP contribution in [0.1, 0.15) is 15.4 Å². The summed E-state index contributed by atoms with van der Waals surface area (Å²) in [4.78, 5) is 25.9. The number of piperazine rings is 1. The fraction of sp³-hybridized carbons (Fsp3) is 0.278. The highest BCUT2D eigenvalue weighted by molar-refractivity contribution is 7.08. The molecule has 8 nitrogen and oxygen atoms in total. The van der Waals surface area contributed by atoms with E-state index in [1.165, 1.54) is 12.0 Å². The smallest absolute Gasteiger partial charge is 0.270 e. The molecule has 1 aliphatic heterocycles. The average Bonchev–Trinajstić information content (AvgIpc) is 3.15. The molecule has 4 rings (SSSR count). The highest BCUT2D eigenvalue weighted by Gasteiger charge is 2.19. The molecule has 138 valence electrons. The predicted molar refractivity (Wildman–Crippen MR) is 105 cm³/mol. The molecule has 2 aromatic heterocycles. The van der Waals surface area contributed by atoms with Crippen LogP contribution in [0.2, 0.25) is 0 Å². The van der Waals surface area contributed by atoms with Crippen molar-refractivity contribution >= 4 is 34.8 Å². The molecular formula is C18H19N7OS. The molecule has 0 aliphatic carbocycles. The molecule has 0 spiro atoms. The Morgan fingerprint density at radius 2 is 1.81 bits per heavy atom. The Morgan fingerprint density at radius 1 is 1.07 bits per heavy atom. The van der Waals surface area contributed by atoms with Crippen molar-refractivity contribution in [3.63, 3.8) is 0 Å². The molecule has 0 saturated carbocycles. The second kappa shape index (κ2) is 7.67. The van der Waals surface area contributed by atoms with Crippen molar-refractivity contribution in [1.29, 1.82) is 0 Å². The largest absolute Gasteiger partial charge is 0.368 e. The molecule has 1 aliphatic rings. The van der Waals surface area contributed by atoms with Crippen molar-refractivity contribution < 1.29 is 4.79 Å². The zero-order chi connectivity index (χ0) is 18.6. The number of hydrogen-bond donors (Lipinski definition) is 1. The molecule has 1 saturated heterocycles. The molecule has 1 fully saturated rings. The van der Waals surface area contributed by atoms with Gasteiger partial charge in [-0.3, -0.25) is 4.79 Å². The van der Waals surface area contributed by atoms with Gasteiger partial charge in [-0.25, -0.2) is 9.97 Å². The number of anilines is 3. The van der Waals surface area contributed by atoms with Gasteiger partial charge in [-0.2, -0.15) is 0 Å². The highest BCUT2D eigenvalue weighted by atomic mass is 32.1. The van der Waals surface area contributed by atoms with Gasteiger partial charge in [0, 0.05) is 37.9 Å². The number of amides is 1. The summed E-state index contributed by atoms with van der Waals surface area (Å²) in [5.41, 5.74) is 1.85. The Labute approximate surface area is 161 Å². The third kappa shape index (κ3) is 3.87. The third-order valence-electron chi connectivity index (χ3n) is 4.48. The molecule has 0 atom stereocenters. The van der Waals surface area contributed by atoms with Crippen molar-refractivity contribution in [2.45, 2.75) is 6.92 Å². The fourth-order valence-electron chi connectivity index (χ4n) is 3.03. The molecular weight excluding hydrogens is 362 g/mol. The summed E-state index contributed by atoms with van der Waals surface area (Å²) >= 11 is 1.07. The number of nitrogens with one attached hydrogen (secondary N) is 1. The van der Waals surface area contributed by atoms with Crippen molar-refractivity contribution in [3.8, 4) is 0 Å². The van der Waals surface area contributed by atoms with Gasteiger partial charge in [0.25, 0.3) is 5.91 Å². The maximum Gasteiger partial charge on any atom is 0.270 e. The zero-order valence-electron chi connectivity index (χ0n) is 14.9. The Kier molecular flexibility index (Phi) is 4.93. The SMILES string of the molecule is Cc1nnsc1C(=O)Nc1cc(N2CCN(c3ccccc3)CC2)ncn1. The number of carbonyl (C=O) groups excluding carboxylic acids is 1. The van der Waals surface area contributed by atoms with Gasteiger partial charge < -0.3 is 15.1 Å². The molecule has 9 heteroatoms. The number of aryl methyl sites for hydroxylation is 1. The normalized spacial score (nSPS) is 14.3. The Balaban J connectivity index is 1.41. The maximum atomic E-state index is 12.3. The first-order chi connectivity index (χ1) is 13.2. The predicted octanol–water partition coefficient (Wildman–Crippen LogP) is 2.22. The third-order valence-corrected chi connectivity index (χ3v) is 5.30. The van der Waals surface area contributed by atoms with E-state index in [-0.39, 0.29) is 5.91 Å². The second-order valence-corrected chi connectivity index (χ2v) is 6.97. The summed E-state index contributed by atoms with van der Waals surface area (Å²) in [5, 5.41) is 6.67. The summed E-state index contributed by atoms with van der Waals surface area (Å²) in [5.74, 6) is 1.04. The number of rotatable bonds is 4. The van der Waals surface area contributed by atoms with Crippen LogP contribution in [0.5, 0.6) is 0 Å². The Hall–Kier alpha value is -3.07. The minimum atomic E-state index is -0.249. The van der Waals surface area contributed by atoms with Gasteiger partial charge in [0.1, 0.15) is 22.8 Å². The van der Waals surface area contributed by atoms with Crippen molar-refractivity contribution in [3.05, 3.63) is 53.3 Å². The molecule has 27 heavy (non-hydrogen) atoms. The van der Waals surface area contributed by atoms with Gasteiger partial charge in [-0.1, -0.05) is 22.7 Å². The molecule has 3 aromatic rings. The maximum absolute atomic E-state index is 12.3. The van der Waals surface area contributed by atoms with Crippen LogP contribution in [-0.4, -0.2) is 51.6 Å². The number of benzene rings is 1. The van der Waals surface area contributed by atoms with Crippen LogP contribution in [0.25, 0.3) is 0 Å². The molecule has 0 radical (unpaired) electrons. The summed E-state index contributed by atoms with van der Waals surface area (Å²) in [6.07, 6.45) is 1.48. The zero-order valence-corrected chi connectivity index (χ0v) is 15.7. The summed E-state index contributed by atoms with van der Waals surface area (Å²) in [7, 11) is 0. The minimum Gasteiger partial charge on any atom is -0.368 e. The van der Waals surface area contributed by atoms with E-state index in [9.17, 15) is 4.79 Å². The minimum absolute atomic E-state index is 0.249. The quantitative estimate of drug-likeness (QED) is 0.741. The summed E-state index contributed by atoms with van der Waals surface area (Å²) in [6, 6.07) is 12.2. The average molecular weight is 381 g/mol. The molecule has 3 heterocycles. The highest BCUT2D eigenvalue weighted by Crippen LogP contribution is 2.20. The molecule has 0 unspecified atom stereocenters. The van der Waals surface area contributed by atoms with Gasteiger partial charge in [0.05, 0.1) is 5.69 Å². The first kappa shape index (κ1) is 17.3. The van der Waals surface area contributed by atoms with Crippen molar-refractivity contribution in [2.24, 2.45) is 0 Å². The Bertz CT molecular complexity index is 922. The van der Waals surface area contributed by atoms with Gasteiger partial charge in [0.2, 0.25) is 0 Å². The van der Waals surface area contributed by atoms with E-state index in [1.807, 2.05) is 6.07 Å². The van der Waals surface area contributed by atoms with E-state index in [0.29, 0.717) is 16.4 Å². The topological polar surface area (TPSA) is 87.1 Å². The Morgan fingerprint density at radius 3 is 2.52 bits per heavy atom. The lowest BCUT2D eigenvalue weighted by Crippen LogP contribution is -2.46. The first-order valence-corrected chi connectivity index (χ1v) is 9.45. The van der Waals surface area contributed by atoms with E-state index in [0.717, 1.165) is 43.5 Å². The van der Waals surface area contributed by atoms with Crippen LogP contribution in [0.4, 0.5) is 17.3 Å². The number of aromatic nitrogens is 4. The van der Waals surface area contributed by atoms with Gasteiger partial charge >= 0.3 is 0 Å². The second-order valence-electron chi connectivity index (χ2n) is 6.21. The summed E-state index contributed by atoms with van der Waals surface area (Å²) < 4.78 is 3.79. The van der Waals surface area contributed by atoms with E-state index in [4.69, 9.17) is 0 Å². The fourth-order valence-corrected chi connectivity index (χ4v) is 3.59. The van der Waals surface area contributed by atoms with Gasteiger partial charge in [-0.15, -0.1) is 5.10 Å². The van der Waals surface area contributed by atoms with Gasteiger partial charge in [-0.05, 0) is 30.6 Å². The van der Waals surface area contributed by atoms with Crippen LogP contribution in [0, 0.1) is 6.92 Å². The first-order valence-electron chi connectivity index (χ1n) is 8.68. The van der Waals surface area contributed by atoms with Gasteiger partial charge in [0.15, 0.2) is 0 Å². The van der Waals surface area contributed by atoms with Crippen LogP contribution < -0.4 is 15.1 Å². The van der Waals surface area contributed by atoms with E-state index in [2.05, 4.69) is 58.9 Å². The van der Waals surface area contributed by atoms with Crippen LogP contribution in [0.3, 0.4) is 0 Å². The van der Waals surface area contributed by atoms with E-state index in [1.54, 1.807) is 13.0 Å². The molecule has 1 aromatic carbocycles. The van der Waals surface area contributed by atoms with E-state index >= 15 is 0 Å². The molecule has 1 N–H and O–H groups in total. The van der Waals surface area contributed by atoms with Crippen LogP contribution in [-0.2, 0) is 0 Å². The lowest BCUT2D eigenvalue weighted by molar-refractivity contribution is 0.102. The van der Waals surface area contributed by atoms with Crippen molar-refractivity contribution in [2.75, 3.05) is 41.3 Å². The van der Waals surface area contributed by atoms with Crippen LogP contribution in [0.15, 0.2) is 42.7 Å². The monoisotopic (exact) mass is 381 g/mol. The lowest BCUT2D eigenvalue weighted by Gasteiger charge is -2.36. The number of para-hydroxylation sites is 1. The number of carbonyl (C=O) groups is 1. The van der Waals surface area contributed by atoms with E-state index < -0.39 is 0 Å².